The lowest BCUT2D eigenvalue weighted by Gasteiger charge is -2.10. The third kappa shape index (κ3) is 4.30. The minimum absolute atomic E-state index is 0.0619. The molecule has 0 aliphatic rings. The summed E-state index contributed by atoms with van der Waals surface area (Å²) in [5, 5.41) is 1.50. The normalized spacial score (nSPS) is 11.3. The molecule has 0 bridgehead atoms. The van der Waals surface area contributed by atoms with Crippen molar-refractivity contribution in [1.82, 2.24) is 0 Å². The zero-order valence-electron chi connectivity index (χ0n) is 12.3. The fourth-order valence-electron chi connectivity index (χ4n) is 2.00. The van der Waals surface area contributed by atoms with Crippen LogP contribution in [0.25, 0.3) is 0 Å². The molecule has 0 aromatic heterocycles. The van der Waals surface area contributed by atoms with Crippen LogP contribution in [0.2, 0.25) is 5.02 Å². The first kappa shape index (κ1) is 16.0. The molecule has 0 amide bonds. The number of hydrogen-bond acceptors (Lipinski definition) is 2. The van der Waals surface area contributed by atoms with Gasteiger partial charge in [-0.2, -0.15) is 0 Å². The van der Waals surface area contributed by atoms with Crippen molar-refractivity contribution in [3.8, 4) is 5.75 Å². The van der Waals surface area contributed by atoms with Gasteiger partial charge in [0.25, 0.3) is 0 Å². The van der Waals surface area contributed by atoms with E-state index in [1.54, 1.807) is 6.07 Å². The molecule has 0 spiro atoms. The van der Waals surface area contributed by atoms with Crippen molar-refractivity contribution in [2.45, 2.75) is 26.9 Å². The Morgan fingerprint density at radius 2 is 1.81 bits per heavy atom. The van der Waals surface area contributed by atoms with Gasteiger partial charge in [-0.25, -0.2) is 0 Å². The minimum atomic E-state index is 0.0619. The van der Waals surface area contributed by atoms with Crippen LogP contribution >= 0.6 is 20.2 Å². The number of carbonyl (C=O) groups excluding carboxylic acids is 1. The molecule has 1 atom stereocenters. The summed E-state index contributed by atoms with van der Waals surface area (Å²) in [6, 6.07) is 13.2. The van der Waals surface area contributed by atoms with Gasteiger partial charge in [-0.3, -0.25) is 4.79 Å². The average molecular weight is 321 g/mol. The number of ether oxygens (including phenoxy) is 1. The number of aryl methyl sites for hydroxylation is 1. The Labute approximate surface area is 132 Å². The Hall–Kier alpha value is -1.37. The third-order valence-electron chi connectivity index (χ3n) is 2.93. The quantitative estimate of drug-likeness (QED) is 0.754. The highest BCUT2D eigenvalue weighted by Crippen LogP contribution is 2.27. The van der Waals surface area contributed by atoms with Crippen LogP contribution < -0.4 is 10.0 Å². The number of benzene rings is 2. The first-order valence-electron chi connectivity index (χ1n) is 6.80. The summed E-state index contributed by atoms with van der Waals surface area (Å²) in [5.41, 5.74) is 1.61. The minimum Gasteiger partial charge on any atom is -0.491 e. The predicted molar refractivity (Wildman–Crippen MR) is 90.7 cm³/mol. The summed E-state index contributed by atoms with van der Waals surface area (Å²) in [5.74, 6) is 0.819. The molecule has 0 radical (unpaired) electrons. The van der Waals surface area contributed by atoms with Gasteiger partial charge in [0.2, 0.25) is 0 Å². The molecular weight excluding hydrogens is 303 g/mol. The largest absolute Gasteiger partial charge is 0.491 e. The summed E-state index contributed by atoms with van der Waals surface area (Å²) < 4.78 is 5.59. The smallest absolute Gasteiger partial charge is 0.187 e. The second kappa shape index (κ2) is 7.06. The van der Waals surface area contributed by atoms with Crippen LogP contribution in [0.15, 0.2) is 42.5 Å². The van der Waals surface area contributed by atoms with E-state index >= 15 is 0 Å². The molecule has 4 heteroatoms. The topological polar surface area (TPSA) is 26.3 Å². The van der Waals surface area contributed by atoms with Crippen molar-refractivity contribution in [3.05, 3.63) is 58.6 Å². The molecule has 0 aliphatic heterocycles. The molecule has 0 fully saturated rings. The number of carbonyl (C=O) groups is 1. The Balaban J connectivity index is 2.13. The molecule has 2 aromatic rings. The molecular formula is C17H18ClO2P. The lowest BCUT2D eigenvalue weighted by molar-refractivity contribution is 0.108. The molecule has 2 rings (SSSR count). The van der Waals surface area contributed by atoms with Crippen molar-refractivity contribution in [2.75, 3.05) is 0 Å². The van der Waals surface area contributed by atoms with E-state index in [2.05, 4.69) is 0 Å². The highest BCUT2D eigenvalue weighted by atomic mass is 35.5. The van der Waals surface area contributed by atoms with E-state index in [1.807, 2.05) is 57.2 Å². The predicted octanol–water partition coefficient (Wildman–Crippen LogP) is 4.58. The van der Waals surface area contributed by atoms with E-state index in [9.17, 15) is 4.79 Å². The number of rotatable bonds is 5. The van der Waals surface area contributed by atoms with E-state index in [0.29, 0.717) is 10.6 Å². The summed E-state index contributed by atoms with van der Waals surface area (Å²) in [4.78, 5) is 12.4. The maximum atomic E-state index is 12.4. The second-order valence-electron chi connectivity index (χ2n) is 5.08. The fourth-order valence-corrected chi connectivity index (χ4v) is 3.44. The van der Waals surface area contributed by atoms with Gasteiger partial charge in [0.1, 0.15) is 5.75 Å². The van der Waals surface area contributed by atoms with Crippen molar-refractivity contribution in [1.29, 1.82) is 0 Å². The monoisotopic (exact) mass is 320 g/mol. The molecule has 1 unspecified atom stereocenters. The van der Waals surface area contributed by atoms with Crippen molar-refractivity contribution >= 4 is 31.0 Å². The molecule has 0 saturated carbocycles. The van der Waals surface area contributed by atoms with Gasteiger partial charge in [0.15, 0.2) is 5.52 Å². The van der Waals surface area contributed by atoms with E-state index < -0.39 is 0 Å². The molecule has 110 valence electrons. The van der Waals surface area contributed by atoms with Crippen LogP contribution in [-0.4, -0.2) is 11.6 Å². The van der Waals surface area contributed by atoms with E-state index in [-0.39, 0.29) is 20.2 Å². The summed E-state index contributed by atoms with van der Waals surface area (Å²) in [6.07, 6.45) is 0.144. The van der Waals surface area contributed by atoms with Crippen LogP contribution in [0, 0.1) is 6.92 Å². The van der Waals surface area contributed by atoms with E-state index in [0.717, 1.165) is 16.6 Å². The van der Waals surface area contributed by atoms with Crippen molar-refractivity contribution in [2.24, 2.45) is 0 Å². The van der Waals surface area contributed by atoms with Gasteiger partial charge >= 0.3 is 0 Å². The van der Waals surface area contributed by atoms with Gasteiger partial charge in [-0.05, 0) is 58.4 Å². The van der Waals surface area contributed by atoms with E-state index in [4.69, 9.17) is 16.3 Å². The Bertz CT molecular complexity index is 615. The van der Waals surface area contributed by atoms with Crippen molar-refractivity contribution in [3.63, 3.8) is 0 Å². The van der Waals surface area contributed by atoms with Gasteiger partial charge in [0.05, 0.1) is 11.1 Å². The lowest BCUT2D eigenvalue weighted by atomic mass is 10.1. The lowest BCUT2D eigenvalue weighted by Crippen LogP contribution is -2.07. The van der Waals surface area contributed by atoms with E-state index in [1.165, 1.54) is 0 Å². The molecule has 0 saturated heterocycles. The molecule has 0 heterocycles. The van der Waals surface area contributed by atoms with Gasteiger partial charge in [-0.1, -0.05) is 35.9 Å². The molecule has 21 heavy (non-hydrogen) atoms. The Kier molecular flexibility index (Phi) is 5.39. The average Bonchev–Trinajstić information content (AvgIpc) is 2.40. The maximum Gasteiger partial charge on any atom is 0.187 e. The SMILES string of the molecule is Cc1cccc(Cl)c1C(=O)Pc1ccc(OC(C)C)cc1. The number of halogens is 1. The fraction of sp³-hybridized carbons (Fsp3) is 0.235. The third-order valence-corrected chi connectivity index (χ3v) is 4.35. The van der Waals surface area contributed by atoms with Gasteiger partial charge in [0, 0.05) is 5.56 Å². The van der Waals surface area contributed by atoms with Crippen LogP contribution in [0.1, 0.15) is 29.8 Å². The van der Waals surface area contributed by atoms with Gasteiger partial charge < -0.3 is 4.74 Å². The van der Waals surface area contributed by atoms with Crippen LogP contribution in [0.3, 0.4) is 0 Å². The number of hydrogen-bond donors (Lipinski definition) is 0. The summed E-state index contributed by atoms with van der Waals surface area (Å²) in [6.45, 7) is 5.88. The summed E-state index contributed by atoms with van der Waals surface area (Å²) >= 11 is 6.14. The molecule has 0 N–H and O–H groups in total. The second-order valence-corrected chi connectivity index (χ2v) is 6.77. The Morgan fingerprint density at radius 3 is 2.38 bits per heavy atom. The van der Waals surface area contributed by atoms with Crippen LogP contribution in [0.4, 0.5) is 0 Å². The molecule has 2 aromatic carbocycles. The summed E-state index contributed by atoms with van der Waals surface area (Å²) in [7, 11) is 0.0619. The zero-order chi connectivity index (χ0) is 15.4. The Morgan fingerprint density at radius 1 is 1.14 bits per heavy atom. The molecule has 0 aliphatic carbocycles. The first-order valence-corrected chi connectivity index (χ1v) is 8.18. The highest BCUT2D eigenvalue weighted by Gasteiger charge is 2.13. The molecule has 2 nitrogen and oxygen atoms in total. The van der Waals surface area contributed by atoms with Crippen molar-refractivity contribution < 1.29 is 9.53 Å². The zero-order valence-corrected chi connectivity index (χ0v) is 14.1. The van der Waals surface area contributed by atoms with Crippen LogP contribution in [0.5, 0.6) is 5.75 Å². The van der Waals surface area contributed by atoms with Gasteiger partial charge in [-0.15, -0.1) is 0 Å². The standard InChI is InChI=1S/C17H18ClO2P/c1-11(2)20-13-7-9-14(10-8-13)21-17(19)16-12(3)5-4-6-15(16)18/h4-11,21H,1-3H3. The maximum absolute atomic E-state index is 12.4. The highest BCUT2D eigenvalue weighted by molar-refractivity contribution is 7.66. The first-order chi connectivity index (χ1) is 9.97. The van der Waals surface area contributed by atoms with Crippen LogP contribution in [-0.2, 0) is 0 Å².